The number of halogens is 1. The third-order valence-corrected chi connectivity index (χ3v) is 3.88. The van der Waals surface area contributed by atoms with E-state index in [1.807, 2.05) is 6.92 Å². The molecule has 0 saturated heterocycles. The number of rotatable bonds is 2. The largest absolute Gasteiger partial charge is 0.335 e. The molecule has 2 atom stereocenters. The fourth-order valence-electron chi connectivity index (χ4n) is 2.59. The second kappa shape index (κ2) is 6.04. The highest BCUT2D eigenvalue weighted by atomic mass is 19.1. The molecular formula is C15H21FN2O. The van der Waals surface area contributed by atoms with Crippen LogP contribution < -0.4 is 10.6 Å². The van der Waals surface area contributed by atoms with Crippen molar-refractivity contribution in [3.63, 3.8) is 0 Å². The van der Waals surface area contributed by atoms with Gasteiger partial charge in [0.2, 0.25) is 0 Å². The summed E-state index contributed by atoms with van der Waals surface area (Å²) in [7, 11) is 0. The average Bonchev–Trinajstić information content (AvgIpc) is 2.37. The first-order valence-corrected chi connectivity index (χ1v) is 6.90. The number of nitrogens with one attached hydrogen (secondary N) is 2. The lowest BCUT2D eigenvalue weighted by Gasteiger charge is -2.29. The van der Waals surface area contributed by atoms with E-state index in [-0.39, 0.29) is 17.9 Å². The summed E-state index contributed by atoms with van der Waals surface area (Å²) in [6.07, 6.45) is 4.58. The fourth-order valence-corrected chi connectivity index (χ4v) is 2.59. The summed E-state index contributed by atoms with van der Waals surface area (Å²) < 4.78 is 13.1. The Balaban J connectivity index is 1.95. The van der Waals surface area contributed by atoms with Crippen molar-refractivity contribution in [3.05, 3.63) is 29.6 Å². The Kier molecular flexibility index (Phi) is 4.40. The molecule has 2 N–H and O–H groups in total. The van der Waals surface area contributed by atoms with Crippen LogP contribution in [0.15, 0.2) is 18.2 Å². The van der Waals surface area contributed by atoms with Crippen LogP contribution in [0.2, 0.25) is 0 Å². The molecule has 0 heterocycles. The molecule has 0 radical (unpaired) electrons. The Labute approximate surface area is 113 Å². The van der Waals surface area contributed by atoms with E-state index >= 15 is 0 Å². The number of carbonyl (C=O) groups is 1. The molecule has 0 aliphatic heterocycles. The highest BCUT2D eigenvalue weighted by Crippen LogP contribution is 2.24. The van der Waals surface area contributed by atoms with E-state index in [9.17, 15) is 9.18 Å². The van der Waals surface area contributed by atoms with Gasteiger partial charge in [-0.1, -0.05) is 25.8 Å². The van der Waals surface area contributed by atoms with Crippen molar-refractivity contribution < 1.29 is 9.18 Å². The van der Waals surface area contributed by atoms with Crippen LogP contribution in [0.5, 0.6) is 0 Å². The Morgan fingerprint density at radius 3 is 2.79 bits per heavy atom. The Hall–Kier alpha value is -1.58. The molecule has 2 amide bonds. The zero-order valence-electron chi connectivity index (χ0n) is 11.5. The third kappa shape index (κ3) is 3.69. The highest BCUT2D eigenvalue weighted by Gasteiger charge is 2.22. The minimum atomic E-state index is -0.341. The molecule has 1 fully saturated rings. The van der Waals surface area contributed by atoms with Crippen molar-refractivity contribution >= 4 is 11.7 Å². The Morgan fingerprint density at radius 2 is 2.05 bits per heavy atom. The van der Waals surface area contributed by atoms with Gasteiger partial charge < -0.3 is 10.6 Å². The molecule has 1 aliphatic carbocycles. The molecule has 1 aromatic carbocycles. The molecule has 3 nitrogen and oxygen atoms in total. The monoisotopic (exact) mass is 264 g/mol. The molecule has 0 aromatic heterocycles. The number of anilines is 1. The molecule has 0 spiro atoms. The van der Waals surface area contributed by atoms with E-state index in [0.717, 1.165) is 24.8 Å². The lowest BCUT2D eigenvalue weighted by molar-refractivity contribution is 0.232. The van der Waals surface area contributed by atoms with E-state index in [2.05, 4.69) is 17.6 Å². The predicted molar refractivity (Wildman–Crippen MR) is 74.7 cm³/mol. The zero-order valence-corrected chi connectivity index (χ0v) is 11.5. The van der Waals surface area contributed by atoms with Crippen LogP contribution in [-0.4, -0.2) is 12.1 Å². The summed E-state index contributed by atoms with van der Waals surface area (Å²) in [4.78, 5) is 11.9. The summed E-state index contributed by atoms with van der Waals surface area (Å²) in [5, 5.41) is 5.72. The van der Waals surface area contributed by atoms with Gasteiger partial charge in [0.1, 0.15) is 5.82 Å². The van der Waals surface area contributed by atoms with Gasteiger partial charge in [0.15, 0.2) is 0 Å². The number of carbonyl (C=O) groups excluding carboxylic acids is 1. The minimum absolute atomic E-state index is 0.225. The highest BCUT2D eigenvalue weighted by molar-refractivity contribution is 5.90. The van der Waals surface area contributed by atoms with Crippen molar-refractivity contribution in [2.75, 3.05) is 5.32 Å². The lowest BCUT2D eigenvalue weighted by Crippen LogP contribution is -2.43. The van der Waals surface area contributed by atoms with Crippen LogP contribution in [-0.2, 0) is 0 Å². The molecule has 2 rings (SSSR count). The molecule has 1 aliphatic rings. The molecule has 0 bridgehead atoms. The molecular weight excluding hydrogens is 243 g/mol. The summed E-state index contributed by atoms with van der Waals surface area (Å²) >= 11 is 0. The van der Waals surface area contributed by atoms with Gasteiger partial charge in [-0.2, -0.15) is 0 Å². The number of amides is 2. The van der Waals surface area contributed by atoms with E-state index in [1.165, 1.54) is 18.6 Å². The first kappa shape index (κ1) is 13.8. The number of hydrogen-bond acceptors (Lipinski definition) is 1. The van der Waals surface area contributed by atoms with E-state index in [1.54, 1.807) is 6.07 Å². The van der Waals surface area contributed by atoms with Crippen molar-refractivity contribution in [3.8, 4) is 0 Å². The van der Waals surface area contributed by atoms with Crippen molar-refractivity contribution in [1.29, 1.82) is 0 Å². The summed E-state index contributed by atoms with van der Waals surface area (Å²) in [5.41, 5.74) is 1.38. The maximum absolute atomic E-state index is 13.1. The standard InChI is InChI=1S/C15H21FN2O/c1-10-5-3-4-6-13(10)17-15(19)18-14-9-12(16)8-7-11(14)2/h7-10,13H,3-6H2,1-2H3,(H2,17,18,19)/t10-,13+/m1/s1. The molecule has 1 saturated carbocycles. The van der Waals surface area contributed by atoms with Crippen LogP contribution in [0.3, 0.4) is 0 Å². The minimum Gasteiger partial charge on any atom is -0.335 e. The van der Waals surface area contributed by atoms with Crippen LogP contribution in [0.25, 0.3) is 0 Å². The van der Waals surface area contributed by atoms with Gasteiger partial charge in [-0.05, 0) is 43.4 Å². The van der Waals surface area contributed by atoms with Gasteiger partial charge in [0.05, 0.1) is 0 Å². The molecule has 4 heteroatoms. The second-order valence-corrected chi connectivity index (χ2v) is 5.43. The lowest BCUT2D eigenvalue weighted by atomic mass is 9.86. The quantitative estimate of drug-likeness (QED) is 0.837. The zero-order chi connectivity index (χ0) is 13.8. The van der Waals surface area contributed by atoms with E-state index in [4.69, 9.17) is 0 Å². The number of urea groups is 1. The maximum atomic E-state index is 13.1. The van der Waals surface area contributed by atoms with Gasteiger partial charge >= 0.3 is 6.03 Å². The SMILES string of the molecule is Cc1ccc(F)cc1NC(=O)N[C@H]1CCCC[C@H]1C. The number of benzene rings is 1. The van der Waals surface area contributed by atoms with Crippen molar-refractivity contribution in [2.24, 2.45) is 5.92 Å². The predicted octanol–water partition coefficient (Wildman–Crippen LogP) is 3.83. The van der Waals surface area contributed by atoms with Crippen LogP contribution >= 0.6 is 0 Å². The Morgan fingerprint density at radius 1 is 1.32 bits per heavy atom. The number of hydrogen-bond donors (Lipinski definition) is 2. The summed E-state index contributed by atoms with van der Waals surface area (Å²) in [6, 6.07) is 4.38. The van der Waals surface area contributed by atoms with Crippen molar-refractivity contribution in [1.82, 2.24) is 5.32 Å². The maximum Gasteiger partial charge on any atom is 0.319 e. The second-order valence-electron chi connectivity index (χ2n) is 5.43. The normalized spacial score (nSPS) is 22.9. The smallest absolute Gasteiger partial charge is 0.319 e. The molecule has 1 aromatic rings. The van der Waals surface area contributed by atoms with Gasteiger partial charge in [0.25, 0.3) is 0 Å². The summed E-state index contributed by atoms with van der Waals surface area (Å²) in [6.45, 7) is 4.01. The third-order valence-electron chi connectivity index (χ3n) is 3.88. The Bertz CT molecular complexity index is 461. The van der Waals surface area contributed by atoms with Gasteiger partial charge in [-0.3, -0.25) is 0 Å². The first-order valence-electron chi connectivity index (χ1n) is 6.90. The van der Waals surface area contributed by atoms with E-state index in [0.29, 0.717) is 11.6 Å². The van der Waals surface area contributed by atoms with Gasteiger partial charge in [-0.15, -0.1) is 0 Å². The summed E-state index contributed by atoms with van der Waals surface area (Å²) in [5.74, 6) is 0.167. The topological polar surface area (TPSA) is 41.1 Å². The van der Waals surface area contributed by atoms with Crippen LogP contribution in [0, 0.1) is 18.7 Å². The van der Waals surface area contributed by atoms with E-state index < -0.39 is 0 Å². The van der Waals surface area contributed by atoms with Crippen LogP contribution in [0.1, 0.15) is 38.2 Å². The van der Waals surface area contributed by atoms with Gasteiger partial charge in [-0.25, -0.2) is 9.18 Å². The molecule has 19 heavy (non-hydrogen) atoms. The molecule has 104 valence electrons. The first-order chi connectivity index (χ1) is 9.06. The van der Waals surface area contributed by atoms with Crippen molar-refractivity contribution in [2.45, 2.75) is 45.6 Å². The average molecular weight is 264 g/mol. The number of aryl methyl sites for hydroxylation is 1. The van der Waals surface area contributed by atoms with Gasteiger partial charge in [0, 0.05) is 11.7 Å². The fraction of sp³-hybridized carbons (Fsp3) is 0.533. The van der Waals surface area contributed by atoms with Crippen LogP contribution in [0.4, 0.5) is 14.9 Å². The molecule has 0 unspecified atom stereocenters.